The Balaban J connectivity index is 1.64. The van der Waals surface area contributed by atoms with Gasteiger partial charge in [-0.05, 0) is 58.0 Å². The third-order valence-corrected chi connectivity index (χ3v) is 5.64. The van der Waals surface area contributed by atoms with E-state index in [1.165, 1.54) is 12.1 Å². The van der Waals surface area contributed by atoms with Crippen molar-refractivity contribution in [3.63, 3.8) is 0 Å². The average Bonchev–Trinajstić information content (AvgIpc) is 2.89. The normalized spacial score (nSPS) is 30.0. The van der Waals surface area contributed by atoms with Gasteiger partial charge in [-0.2, -0.15) is 0 Å². The van der Waals surface area contributed by atoms with Crippen molar-refractivity contribution in [1.82, 2.24) is 0 Å². The fourth-order valence-corrected chi connectivity index (χ4v) is 3.50. The summed E-state index contributed by atoms with van der Waals surface area (Å²) in [5.41, 5.74) is 1.11. The maximum absolute atomic E-state index is 6.19. The Bertz CT molecular complexity index is 515. The van der Waals surface area contributed by atoms with Crippen LogP contribution in [0.4, 0.5) is 5.69 Å². The summed E-state index contributed by atoms with van der Waals surface area (Å²) in [7, 11) is -0.0919. The van der Waals surface area contributed by atoms with E-state index in [2.05, 4.69) is 69.9 Å². The molecule has 2 aliphatic rings. The highest BCUT2D eigenvalue weighted by Crippen LogP contribution is 2.43. The summed E-state index contributed by atoms with van der Waals surface area (Å²) in [5.74, 6) is 0. The third-order valence-electron chi connectivity index (χ3n) is 5.64. The molecule has 1 aromatic rings. The molecule has 1 atom stereocenters. The molecule has 0 saturated carbocycles. The van der Waals surface area contributed by atoms with Crippen molar-refractivity contribution in [3.8, 4) is 0 Å². The molecule has 0 radical (unpaired) electrons. The van der Waals surface area contributed by atoms with Gasteiger partial charge in [0.2, 0.25) is 0 Å². The number of rotatable bonds is 3. The van der Waals surface area contributed by atoms with Crippen molar-refractivity contribution in [2.24, 2.45) is 5.41 Å². The van der Waals surface area contributed by atoms with E-state index in [0.29, 0.717) is 0 Å². The molecule has 0 amide bonds. The summed E-state index contributed by atoms with van der Waals surface area (Å²) in [6.07, 6.45) is 2.15. The third kappa shape index (κ3) is 2.91. The van der Waals surface area contributed by atoms with Crippen LogP contribution >= 0.6 is 0 Å². The van der Waals surface area contributed by atoms with Crippen molar-refractivity contribution in [2.45, 2.75) is 58.6 Å². The van der Waals surface area contributed by atoms with Crippen molar-refractivity contribution in [3.05, 3.63) is 30.3 Å². The van der Waals surface area contributed by atoms with E-state index in [1.807, 2.05) is 0 Å². The number of hydrogen-bond acceptors (Lipinski definition) is 3. The lowest BCUT2D eigenvalue weighted by molar-refractivity contribution is 0.00578. The number of benzene rings is 1. The van der Waals surface area contributed by atoms with Gasteiger partial charge in [-0.1, -0.05) is 25.1 Å². The van der Waals surface area contributed by atoms with Crippen molar-refractivity contribution < 1.29 is 9.31 Å². The Labute approximate surface area is 135 Å². The zero-order chi connectivity index (χ0) is 16.0. The molecule has 1 unspecified atom stereocenters. The van der Waals surface area contributed by atoms with E-state index in [9.17, 15) is 0 Å². The van der Waals surface area contributed by atoms with Crippen LogP contribution in [-0.2, 0) is 9.31 Å². The highest BCUT2D eigenvalue weighted by Gasteiger charge is 2.53. The summed E-state index contributed by atoms with van der Waals surface area (Å²) in [5, 5.41) is 0. The molecule has 0 aromatic heterocycles. The predicted molar refractivity (Wildman–Crippen MR) is 92.3 cm³/mol. The van der Waals surface area contributed by atoms with Crippen LogP contribution in [0.2, 0.25) is 6.32 Å². The molecule has 0 N–H and O–H groups in total. The number of anilines is 1. The summed E-state index contributed by atoms with van der Waals surface area (Å²) in [4.78, 5) is 2.48. The van der Waals surface area contributed by atoms with Gasteiger partial charge in [-0.3, -0.25) is 0 Å². The number of nitrogens with zero attached hydrogens (tertiary/aromatic N) is 1. The lowest BCUT2D eigenvalue weighted by Gasteiger charge is -2.32. The van der Waals surface area contributed by atoms with Crippen LogP contribution in [0, 0.1) is 5.41 Å². The van der Waals surface area contributed by atoms with Gasteiger partial charge in [0.1, 0.15) is 0 Å². The van der Waals surface area contributed by atoms with Crippen molar-refractivity contribution in [2.75, 3.05) is 18.0 Å². The van der Waals surface area contributed by atoms with Gasteiger partial charge in [0.15, 0.2) is 0 Å². The molecule has 3 rings (SSSR count). The van der Waals surface area contributed by atoms with Gasteiger partial charge in [0.05, 0.1) is 11.2 Å². The maximum atomic E-state index is 6.19. The van der Waals surface area contributed by atoms with Gasteiger partial charge in [0.25, 0.3) is 0 Å². The molecule has 0 spiro atoms. The second-order valence-electron chi connectivity index (χ2n) is 8.21. The van der Waals surface area contributed by atoms with E-state index in [0.717, 1.165) is 19.4 Å². The largest absolute Gasteiger partial charge is 0.458 e. The molecule has 3 nitrogen and oxygen atoms in total. The van der Waals surface area contributed by atoms with E-state index >= 15 is 0 Å². The summed E-state index contributed by atoms with van der Waals surface area (Å²) >= 11 is 0. The molecule has 22 heavy (non-hydrogen) atoms. The fraction of sp³-hybridized carbons (Fsp3) is 0.667. The average molecular weight is 301 g/mol. The minimum absolute atomic E-state index is 0.0919. The highest BCUT2D eigenvalue weighted by molar-refractivity contribution is 6.45. The van der Waals surface area contributed by atoms with Crippen molar-refractivity contribution >= 4 is 12.8 Å². The minimum atomic E-state index is -0.230. The molecule has 0 bridgehead atoms. The van der Waals surface area contributed by atoms with E-state index in [1.54, 1.807) is 0 Å². The lowest BCUT2D eigenvalue weighted by Crippen LogP contribution is -2.41. The summed E-state index contributed by atoms with van der Waals surface area (Å²) < 4.78 is 12.4. The molecular formula is C18H28BNO2. The second-order valence-corrected chi connectivity index (χ2v) is 8.21. The van der Waals surface area contributed by atoms with Crippen LogP contribution < -0.4 is 4.90 Å². The van der Waals surface area contributed by atoms with Gasteiger partial charge >= 0.3 is 7.12 Å². The van der Waals surface area contributed by atoms with Crippen LogP contribution in [0.3, 0.4) is 0 Å². The van der Waals surface area contributed by atoms with Crippen LogP contribution in [-0.4, -0.2) is 31.4 Å². The quantitative estimate of drug-likeness (QED) is 0.788. The molecule has 0 aliphatic carbocycles. The topological polar surface area (TPSA) is 21.7 Å². The van der Waals surface area contributed by atoms with Gasteiger partial charge in [-0.25, -0.2) is 0 Å². The van der Waals surface area contributed by atoms with Crippen molar-refractivity contribution in [1.29, 1.82) is 0 Å². The Hall–Kier alpha value is -0.995. The van der Waals surface area contributed by atoms with E-state index in [4.69, 9.17) is 9.31 Å². The predicted octanol–water partition coefficient (Wildman–Crippen LogP) is 4.00. The van der Waals surface area contributed by atoms with Crippen LogP contribution in [0.15, 0.2) is 30.3 Å². The SMILES string of the molecule is CC1(CB2OC(C)(C)C(C)(C)O2)CCN(c2ccccc2)C1. The Kier molecular flexibility index (Phi) is 3.81. The second kappa shape index (κ2) is 5.28. The Morgan fingerprint density at radius 1 is 1.00 bits per heavy atom. The monoisotopic (exact) mass is 301 g/mol. The van der Waals surface area contributed by atoms with Gasteiger partial charge in [0, 0.05) is 18.8 Å². The molecule has 2 saturated heterocycles. The molecule has 120 valence electrons. The van der Waals surface area contributed by atoms with Crippen LogP contribution in [0.1, 0.15) is 41.0 Å². The molecule has 4 heteroatoms. The van der Waals surface area contributed by atoms with E-state index in [-0.39, 0.29) is 23.7 Å². The van der Waals surface area contributed by atoms with E-state index < -0.39 is 0 Å². The Morgan fingerprint density at radius 3 is 2.18 bits per heavy atom. The smallest absolute Gasteiger partial charge is 0.403 e. The van der Waals surface area contributed by atoms with Gasteiger partial charge < -0.3 is 14.2 Å². The number of para-hydroxylation sites is 1. The highest BCUT2D eigenvalue weighted by atomic mass is 16.7. The molecule has 2 fully saturated rings. The first kappa shape index (κ1) is 15.9. The first-order valence-corrected chi connectivity index (χ1v) is 8.37. The van der Waals surface area contributed by atoms with Crippen LogP contribution in [0.5, 0.6) is 0 Å². The number of hydrogen-bond donors (Lipinski definition) is 0. The minimum Gasteiger partial charge on any atom is -0.403 e. The zero-order valence-corrected chi connectivity index (χ0v) is 14.6. The molecule has 2 aliphatic heterocycles. The van der Waals surface area contributed by atoms with Gasteiger partial charge in [-0.15, -0.1) is 0 Å². The summed E-state index contributed by atoms with van der Waals surface area (Å²) in [6, 6.07) is 10.7. The lowest BCUT2D eigenvalue weighted by atomic mass is 9.68. The molecular weight excluding hydrogens is 273 g/mol. The first-order valence-electron chi connectivity index (χ1n) is 8.37. The zero-order valence-electron chi connectivity index (χ0n) is 14.6. The fourth-order valence-electron chi connectivity index (χ4n) is 3.50. The maximum Gasteiger partial charge on any atom is 0.458 e. The van der Waals surface area contributed by atoms with Crippen LogP contribution in [0.25, 0.3) is 0 Å². The molecule has 2 heterocycles. The first-order chi connectivity index (χ1) is 10.2. The standard InChI is InChI=1S/C18H28BNO2/c1-16(2)17(3,4)22-19(21-16)13-18(5)11-12-20(14-18)15-9-7-6-8-10-15/h6-10H,11-14H2,1-5H3. The Morgan fingerprint density at radius 2 is 1.59 bits per heavy atom. The summed E-state index contributed by atoms with van der Waals surface area (Å²) in [6.45, 7) is 13.0. The molecule has 1 aromatic carbocycles.